The van der Waals surface area contributed by atoms with E-state index in [1.54, 1.807) is 11.3 Å². The van der Waals surface area contributed by atoms with Crippen molar-refractivity contribution in [1.82, 2.24) is 20.6 Å². The summed E-state index contributed by atoms with van der Waals surface area (Å²) in [4.78, 5) is 16.5. The van der Waals surface area contributed by atoms with E-state index < -0.39 is 0 Å². The van der Waals surface area contributed by atoms with Crippen LogP contribution in [0.3, 0.4) is 0 Å². The van der Waals surface area contributed by atoms with Gasteiger partial charge in [0.2, 0.25) is 0 Å². The first-order valence-corrected chi connectivity index (χ1v) is 10.6. The molecule has 0 atom stereocenters. The smallest absolute Gasteiger partial charge is 0.191 e. The summed E-state index contributed by atoms with van der Waals surface area (Å²) < 4.78 is 0. The Morgan fingerprint density at radius 2 is 1.88 bits per heavy atom. The molecule has 2 N–H and O–H groups in total. The summed E-state index contributed by atoms with van der Waals surface area (Å²) in [7, 11) is 1.81. The number of aromatic nitrogens is 2. The molecule has 2 aromatic rings. The van der Waals surface area contributed by atoms with Gasteiger partial charge in [-0.15, -0.1) is 46.7 Å². The minimum atomic E-state index is 0. The van der Waals surface area contributed by atoms with Crippen LogP contribution in [0.4, 0.5) is 0 Å². The molecule has 0 spiro atoms. The topological polar surface area (TPSA) is 62.2 Å². The molecule has 0 fully saturated rings. The standard InChI is InChI=1S/C18H27N5S2.HI/c1-12-13(2)24-17(22-12)11-21-18(19-3)20-10-6-9-16-23-14-7-4-5-8-15(14)25-16;/h4-11H2,1-3H3,(H2,19,20,21);1H. The molecule has 1 aliphatic rings. The molecule has 144 valence electrons. The highest BCUT2D eigenvalue weighted by Crippen LogP contribution is 2.27. The van der Waals surface area contributed by atoms with Crippen molar-refractivity contribution >= 4 is 52.6 Å². The summed E-state index contributed by atoms with van der Waals surface area (Å²) in [6.45, 7) is 5.79. The van der Waals surface area contributed by atoms with E-state index in [-0.39, 0.29) is 24.0 Å². The van der Waals surface area contributed by atoms with Gasteiger partial charge >= 0.3 is 0 Å². The van der Waals surface area contributed by atoms with E-state index in [0.29, 0.717) is 0 Å². The van der Waals surface area contributed by atoms with Crippen LogP contribution in [0.2, 0.25) is 0 Å². The lowest BCUT2D eigenvalue weighted by molar-refractivity contribution is 0.678. The SMILES string of the molecule is CN=C(NCCCc1nc2c(s1)CCCC2)NCc1nc(C)c(C)s1.I. The number of hydrogen-bond acceptors (Lipinski definition) is 5. The Balaban J connectivity index is 0.00000243. The molecule has 2 heterocycles. The Hall–Kier alpha value is -0.740. The Morgan fingerprint density at radius 1 is 1.08 bits per heavy atom. The molecule has 0 saturated carbocycles. The van der Waals surface area contributed by atoms with E-state index in [9.17, 15) is 0 Å². The molecule has 26 heavy (non-hydrogen) atoms. The summed E-state index contributed by atoms with van der Waals surface area (Å²) in [5, 5.41) is 9.12. The second kappa shape index (κ2) is 10.6. The third kappa shape index (κ3) is 5.88. The first-order chi connectivity index (χ1) is 12.2. The minimum absolute atomic E-state index is 0. The van der Waals surface area contributed by atoms with Crippen LogP contribution < -0.4 is 10.6 Å². The molecule has 0 aliphatic heterocycles. The predicted octanol–water partition coefficient (Wildman–Crippen LogP) is 4.01. The third-order valence-corrected chi connectivity index (χ3v) is 6.74. The van der Waals surface area contributed by atoms with Crippen molar-refractivity contribution in [2.45, 2.75) is 58.9 Å². The number of aryl methyl sites for hydroxylation is 5. The Kier molecular flexibility index (Phi) is 8.75. The summed E-state index contributed by atoms with van der Waals surface area (Å²) >= 11 is 3.66. The van der Waals surface area contributed by atoms with E-state index in [2.05, 4.69) is 34.5 Å². The normalized spacial score (nSPS) is 13.9. The average molecular weight is 505 g/mol. The van der Waals surface area contributed by atoms with Crippen molar-refractivity contribution in [2.24, 2.45) is 4.99 Å². The average Bonchev–Trinajstić information content (AvgIpc) is 3.17. The van der Waals surface area contributed by atoms with Gasteiger partial charge in [-0.25, -0.2) is 9.97 Å². The van der Waals surface area contributed by atoms with Crippen LogP contribution in [0.1, 0.15) is 50.4 Å². The fraction of sp³-hybridized carbons (Fsp3) is 0.611. The zero-order chi connectivity index (χ0) is 17.6. The van der Waals surface area contributed by atoms with Crippen LogP contribution in [0.5, 0.6) is 0 Å². The largest absolute Gasteiger partial charge is 0.356 e. The predicted molar refractivity (Wildman–Crippen MR) is 122 cm³/mol. The molecular weight excluding hydrogens is 477 g/mol. The number of nitrogens with one attached hydrogen (secondary N) is 2. The molecule has 0 saturated heterocycles. The molecule has 2 aromatic heterocycles. The quantitative estimate of drug-likeness (QED) is 0.270. The van der Waals surface area contributed by atoms with Crippen molar-refractivity contribution in [2.75, 3.05) is 13.6 Å². The summed E-state index contributed by atoms with van der Waals surface area (Å²) in [6.07, 6.45) is 7.16. The van der Waals surface area contributed by atoms with Gasteiger partial charge in [0, 0.05) is 29.8 Å². The number of thiazole rings is 2. The number of aliphatic imine (C=N–C) groups is 1. The second-order valence-corrected chi connectivity index (χ2v) is 8.85. The summed E-state index contributed by atoms with van der Waals surface area (Å²) in [6, 6.07) is 0. The van der Waals surface area contributed by atoms with Crippen molar-refractivity contribution in [3.8, 4) is 0 Å². The van der Waals surface area contributed by atoms with Crippen LogP contribution in [0.25, 0.3) is 0 Å². The van der Waals surface area contributed by atoms with Gasteiger partial charge in [0.15, 0.2) is 5.96 Å². The Morgan fingerprint density at radius 3 is 2.58 bits per heavy atom. The zero-order valence-corrected chi connectivity index (χ0v) is 19.7. The fourth-order valence-electron chi connectivity index (χ4n) is 2.95. The third-order valence-electron chi connectivity index (χ3n) is 4.45. The lowest BCUT2D eigenvalue weighted by Gasteiger charge is -2.10. The second-order valence-electron chi connectivity index (χ2n) is 6.39. The van der Waals surface area contributed by atoms with Gasteiger partial charge in [0.1, 0.15) is 5.01 Å². The molecular formula is C18H28IN5S2. The van der Waals surface area contributed by atoms with Crippen molar-refractivity contribution < 1.29 is 0 Å². The Bertz CT molecular complexity index is 695. The number of guanidine groups is 1. The van der Waals surface area contributed by atoms with Gasteiger partial charge in [-0.1, -0.05) is 0 Å². The van der Waals surface area contributed by atoms with Crippen molar-refractivity contribution in [3.05, 3.63) is 31.2 Å². The highest BCUT2D eigenvalue weighted by molar-refractivity contribution is 14.0. The molecule has 0 amide bonds. The van der Waals surface area contributed by atoms with Crippen LogP contribution in [-0.2, 0) is 25.8 Å². The fourth-order valence-corrected chi connectivity index (χ4v) is 5.03. The lowest BCUT2D eigenvalue weighted by Crippen LogP contribution is -2.37. The number of rotatable bonds is 6. The summed E-state index contributed by atoms with van der Waals surface area (Å²) in [5.74, 6) is 0.837. The maximum atomic E-state index is 4.81. The van der Waals surface area contributed by atoms with Gasteiger partial charge < -0.3 is 10.6 Å². The Labute approximate surface area is 181 Å². The van der Waals surface area contributed by atoms with Gasteiger partial charge in [-0.3, -0.25) is 4.99 Å². The van der Waals surface area contributed by atoms with Gasteiger partial charge in [-0.05, 0) is 46.0 Å². The minimum Gasteiger partial charge on any atom is -0.356 e. The van der Waals surface area contributed by atoms with E-state index in [4.69, 9.17) is 4.98 Å². The summed E-state index contributed by atoms with van der Waals surface area (Å²) in [5.41, 5.74) is 2.49. The van der Waals surface area contributed by atoms with E-state index in [1.165, 1.54) is 46.1 Å². The van der Waals surface area contributed by atoms with E-state index in [1.807, 2.05) is 18.4 Å². The van der Waals surface area contributed by atoms with E-state index >= 15 is 0 Å². The van der Waals surface area contributed by atoms with Crippen molar-refractivity contribution in [1.29, 1.82) is 0 Å². The molecule has 0 aromatic carbocycles. The molecule has 5 nitrogen and oxygen atoms in total. The molecule has 0 radical (unpaired) electrons. The molecule has 0 unspecified atom stereocenters. The molecule has 0 bridgehead atoms. The van der Waals surface area contributed by atoms with Gasteiger partial charge in [-0.2, -0.15) is 0 Å². The highest BCUT2D eigenvalue weighted by atomic mass is 127. The first-order valence-electron chi connectivity index (χ1n) is 9.00. The maximum Gasteiger partial charge on any atom is 0.191 e. The lowest BCUT2D eigenvalue weighted by atomic mass is 10.0. The number of nitrogens with zero attached hydrogens (tertiary/aromatic N) is 3. The highest BCUT2D eigenvalue weighted by Gasteiger charge is 2.14. The van der Waals surface area contributed by atoms with Crippen molar-refractivity contribution in [3.63, 3.8) is 0 Å². The van der Waals surface area contributed by atoms with Crippen LogP contribution >= 0.6 is 46.7 Å². The monoisotopic (exact) mass is 505 g/mol. The van der Waals surface area contributed by atoms with Crippen LogP contribution in [0.15, 0.2) is 4.99 Å². The van der Waals surface area contributed by atoms with Gasteiger partial charge in [0.25, 0.3) is 0 Å². The number of fused-ring (bicyclic) bond motifs is 1. The molecule has 8 heteroatoms. The number of halogens is 1. The van der Waals surface area contributed by atoms with Crippen LogP contribution in [0, 0.1) is 13.8 Å². The zero-order valence-electron chi connectivity index (χ0n) is 15.7. The first kappa shape index (κ1) is 21.6. The molecule has 1 aliphatic carbocycles. The molecule has 3 rings (SSSR count). The number of hydrogen-bond donors (Lipinski definition) is 2. The van der Waals surface area contributed by atoms with Gasteiger partial charge in [0.05, 0.1) is 22.9 Å². The maximum absolute atomic E-state index is 4.81. The van der Waals surface area contributed by atoms with E-state index in [0.717, 1.165) is 42.6 Å². The van der Waals surface area contributed by atoms with Crippen LogP contribution in [-0.4, -0.2) is 29.5 Å².